The van der Waals surface area contributed by atoms with Crippen LogP contribution >= 0.6 is 0 Å². The molecule has 116 valence electrons. The Morgan fingerprint density at radius 3 is 2.82 bits per heavy atom. The highest BCUT2D eigenvalue weighted by Gasteiger charge is 2.17. The first-order valence-electron chi connectivity index (χ1n) is 8.14. The molecule has 3 rings (SSSR count). The third-order valence-corrected chi connectivity index (χ3v) is 4.34. The number of pyridine rings is 1. The molecule has 1 heterocycles. The number of fused-ring (bicyclic) bond motifs is 1. The molecule has 0 radical (unpaired) electrons. The number of aromatic nitrogens is 1. The second kappa shape index (κ2) is 7.25. The summed E-state index contributed by atoms with van der Waals surface area (Å²) in [5.41, 5.74) is 2.17. The van der Waals surface area contributed by atoms with Crippen molar-refractivity contribution in [3.63, 3.8) is 0 Å². The lowest BCUT2D eigenvalue weighted by Crippen LogP contribution is -2.41. The van der Waals surface area contributed by atoms with Crippen molar-refractivity contribution in [2.75, 3.05) is 20.1 Å². The summed E-state index contributed by atoms with van der Waals surface area (Å²) < 4.78 is 0. The number of aliphatic imine (C=N–C) groups is 1. The van der Waals surface area contributed by atoms with Gasteiger partial charge in [0.25, 0.3) is 0 Å². The fraction of sp³-hybridized carbons (Fsp3) is 0.444. The van der Waals surface area contributed by atoms with E-state index in [4.69, 9.17) is 4.98 Å². The molecule has 0 atom stereocenters. The van der Waals surface area contributed by atoms with Gasteiger partial charge in [-0.2, -0.15) is 0 Å². The van der Waals surface area contributed by atoms with Gasteiger partial charge < -0.3 is 10.6 Å². The van der Waals surface area contributed by atoms with Gasteiger partial charge in [0.15, 0.2) is 5.96 Å². The highest BCUT2D eigenvalue weighted by molar-refractivity contribution is 5.80. The maximum atomic E-state index is 4.69. The number of hydrogen-bond acceptors (Lipinski definition) is 2. The predicted molar refractivity (Wildman–Crippen MR) is 92.2 cm³/mol. The van der Waals surface area contributed by atoms with Crippen molar-refractivity contribution in [2.45, 2.75) is 25.7 Å². The Hall–Kier alpha value is -2.10. The molecule has 0 spiro atoms. The predicted octanol–water partition coefficient (Wildman–Crippen LogP) is 2.74. The number of hydrogen-bond donors (Lipinski definition) is 2. The maximum absolute atomic E-state index is 4.69. The van der Waals surface area contributed by atoms with Gasteiger partial charge in [0.2, 0.25) is 0 Å². The van der Waals surface area contributed by atoms with Crippen LogP contribution in [0.4, 0.5) is 0 Å². The topological polar surface area (TPSA) is 49.3 Å². The van der Waals surface area contributed by atoms with Crippen LogP contribution in [0.3, 0.4) is 0 Å². The summed E-state index contributed by atoms with van der Waals surface area (Å²) in [5.74, 6) is 1.73. The second-order valence-electron chi connectivity index (χ2n) is 5.92. The van der Waals surface area contributed by atoms with Gasteiger partial charge in [0.05, 0.1) is 5.52 Å². The number of nitrogens with one attached hydrogen (secondary N) is 2. The van der Waals surface area contributed by atoms with Gasteiger partial charge >= 0.3 is 0 Å². The Morgan fingerprint density at radius 2 is 2.05 bits per heavy atom. The molecule has 1 aliphatic carbocycles. The van der Waals surface area contributed by atoms with E-state index in [0.29, 0.717) is 0 Å². The fourth-order valence-corrected chi connectivity index (χ4v) is 2.71. The molecule has 0 amide bonds. The molecule has 1 aromatic carbocycles. The van der Waals surface area contributed by atoms with Gasteiger partial charge in [0, 0.05) is 37.6 Å². The van der Waals surface area contributed by atoms with Crippen LogP contribution in [0.5, 0.6) is 0 Å². The minimum Gasteiger partial charge on any atom is -0.356 e. The van der Waals surface area contributed by atoms with Crippen LogP contribution in [0.25, 0.3) is 10.9 Å². The van der Waals surface area contributed by atoms with Crippen molar-refractivity contribution in [2.24, 2.45) is 10.9 Å². The van der Waals surface area contributed by atoms with Crippen molar-refractivity contribution < 1.29 is 0 Å². The smallest absolute Gasteiger partial charge is 0.190 e. The zero-order valence-electron chi connectivity index (χ0n) is 13.2. The summed E-state index contributed by atoms with van der Waals surface area (Å²) in [4.78, 5) is 8.97. The van der Waals surface area contributed by atoms with Crippen LogP contribution in [-0.4, -0.2) is 31.1 Å². The maximum Gasteiger partial charge on any atom is 0.190 e. The minimum atomic E-state index is 0.834. The Labute approximate surface area is 132 Å². The molecule has 0 unspecified atom stereocenters. The quantitative estimate of drug-likeness (QED) is 0.659. The average molecular weight is 296 g/mol. The summed E-state index contributed by atoms with van der Waals surface area (Å²) >= 11 is 0. The normalized spacial score (nSPS) is 15.6. The second-order valence-corrected chi connectivity index (χ2v) is 5.92. The van der Waals surface area contributed by atoms with E-state index in [-0.39, 0.29) is 0 Å². The van der Waals surface area contributed by atoms with Crippen molar-refractivity contribution in [3.8, 4) is 0 Å². The van der Waals surface area contributed by atoms with Crippen molar-refractivity contribution in [1.82, 2.24) is 15.6 Å². The Bertz CT molecular complexity index is 646. The highest BCUT2D eigenvalue weighted by atomic mass is 15.2. The standard InChI is InChI=1S/C18H24N4/c1-19-18(21-13-14-5-4-6-14)20-12-11-16-10-9-15-7-2-3-8-17(15)22-16/h2-3,7-10,14H,4-6,11-13H2,1H3,(H2,19,20,21). The average Bonchev–Trinajstić information content (AvgIpc) is 2.51. The van der Waals surface area contributed by atoms with Crippen molar-refractivity contribution in [1.29, 1.82) is 0 Å². The zero-order valence-corrected chi connectivity index (χ0v) is 13.2. The van der Waals surface area contributed by atoms with Gasteiger partial charge in [-0.1, -0.05) is 30.7 Å². The monoisotopic (exact) mass is 296 g/mol. The molecule has 2 N–H and O–H groups in total. The summed E-state index contributed by atoms with van der Waals surface area (Å²) in [6, 6.07) is 12.5. The van der Waals surface area contributed by atoms with E-state index in [9.17, 15) is 0 Å². The number of guanidine groups is 1. The van der Waals surface area contributed by atoms with Crippen LogP contribution in [0, 0.1) is 5.92 Å². The molecule has 2 aromatic rings. The van der Waals surface area contributed by atoms with Gasteiger partial charge in [-0.05, 0) is 30.9 Å². The number of para-hydroxylation sites is 1. The Morgan fingerprint density at radius 1 is 1.18 bits per heavy atom. The molecule has 1 fully saturated rings. The molecule has 1 aromatic heterocycles. The highest BCUT2D eigenvalue weighted by Crippen LogP contribution is 2.24. The molecule has 4 heteroatoms. The third kappa shape index (κ3) is 3.75. The van der Waals surface area contributed by atoms with E-state index in [1.54, 1.807) is 0 Å². The molecule has 22 heavy (non-hydrogen) atoms. The molecular weight excluding hydrogens is 272 g/mol. The molecule has 1 saturated carbocycles. The lowest BCUT2D eigenvalue weighted by Gasteiger charge is -2.26. The largest absolute Gasteiger partial charge is 0.356 e. The van der Waals surface area contributed by atoms with Crippen molar-refractivity contribution in [3.05, 3.63) is 42.1 Å². The summed E-state index contributed by atoms with van der Waals surface area (Å²) in [7, 11) is 1.82. The lowest BCUT2D eigenvalue weighted by atomic mass is 9.85. The summed E-state index contributed by atoms with van der Waals surface area (Å²) in [6.45, 7) is 1.88. The lowest BCUT2D eigenvalue weighted by molar-refractivity contribution is 0.314. The van der Waals surface area contributed by atoms with Crippen molar-refractivity contribution >= 4 is 16.9 Å². The van der Waals surface area contributed by atoms with E-state index in [1.165, 1.54) is 24.6 Å². The SMILES string of the molecule is CN=C(NCCc1ccc2ccccc2n1)NCC1CCC1. The molecule has 0 bridgehead atoms. The first kappa shape index (κ1) is 14.8. The molecular formula is C18H24N4. The van der Waals surface area contributed by atoms with E-state index < -0.39 is 0 Å². The van der Waals surface area contributed by atoms with Crippen LogP contribution in [0.2, 0.25) is 0 Å². The number of benzene rings is 1. The fourth-order valence-electron chi connectivity index (χ4n) is 2.71. The number of rotatable bonds is 5. The van der Waals surface area contributed by atoms with Crippen LogP contribution in [-0.2, 0) is 6.42 Å². The van der Waals surface area contributed by atoms with E-state index >= 15 is 0 Å². The van der Waals surface area contributed by atoms with Crippen LogP contribution in [0.1, 0.15) is 25.0 Å². The summed E-state index contributed by atoms with van der Waals surface area (Å²) in [6.07, 6.45) is 4.98. The summed E-state index contributed by atoms with van der Waals surface area (Å²) in [5, 5.41) is 7.97. The molecule has 0 aliphatic heterocycles. The van der Waals surface area contributed by atoms with E-state index in [0.717, 1.165) is 42.6 Å². The number of nitrogens with zero attached hydrogens (tertiary/aromatic N) is 2. The van der Waals surface area contributed by atoms with Crippen LogP contribution in [0.15, 0.2) is 41.4 Å². The first-order valence-corrected chi connectivity index (χ1v) is 8.14. The van der Waals surface area contributed by atoms with E-state index in [2.05, 4.69) is 39.9 Å². The van der Waals surface area contributed by atoms with Gasteiger partial charge in [0.1, 0.15) is 0 Å². The molecule has 1 aliphatic rings. The first-order chi connectivity index (χ1) is 10.8. The molecule has 0 saturated heterocycles. The van der Waals surface area contributed by atoms with E-state index in [1.807, 2.05) is 19.2 Å². The van der Waals surface area contributed by atoms with Gasteiger partial charge in [-0.3, -0.25) is 9.98 Å². The van der Waals surface area contributed by atoms with Gasteiger partial charge in [-0.25, -0.2) is 0 Å². The van der Waals surface area contributed by atoms with Gasteiger partial charge in [-0.15, -0.1) is 0 Å². The molecule has 4 nitrogen and oxygen atoms in total. The van der Waals surface area contributed by atoms with Crippen LogP contribution < -0.4 is 10.6 Å². The Balaban J connectivity index is 1.47. The third-order valence-electron chi connectivity index (χ3n) is 4.34. The zero-order chi connectivity index (χ0) is 15.2. The minimum absolute atomic E-state index is 0.834. The Kier molecular flexibility index (Phi) is 4.88.